The SMILES string of the molecule is CCCNC1C(=O)N(CCO)c2ccc(C)cc21. The van der Waals surface area contributed by atoms with Gasteiger partial charge in [-0.25, -0.2) is 0 Å². The number of hydrogen-bond acceptors (Lipinski definition) is 3. The monoisotopic (exact) mass is 248 g/mol. The van der Waals surface area contributed by atoms with Crippen LogP contribution in [0, 0.1) is 6.92 Å². The molecule has 0 saturated carbocycles. The summed E-state index contributed by atoms with van der Waals surface area (Å²) in [6.45, 7) is 5.26. The molecule has 1 aliphatic rings. The first-order valence-electron chi connectivity index (χ1n) is 6.45. The lowest BCUT2D eigenvalue weighted by Crippen LogP contribution is -2.36. The summed E-state index contributed by atoms with van der Waals surface area (Å²) in [5.41, 5.74) is 3.10. The van der Waals surface area contributed by atoms with Gasteiger partial charge in [-0.05, 0) is 26.0 Å². The maximum Gasteiger partial charge on any atom is 0.248 e. The molecule has 98 valence electrons. The Morgan fingerprint density at radius 3 is 2.89 bits per heavy atom. The Kier molecular flexibility index (Phi) is 3.99. The van der Waals surface area contributed by atoms with Crippen LogP contribution in [0.2, 0.25) is 0 Å². The summed E-state index contributed by atoms with van der Waals surface area (Å²) in [5.74, 6) is 0.0399. The molecule has 1 aromatic rings. The average molecular weight is 248 g/mol. The molecule has 1 aliphatic heterocycles. The number of rotatable bonds is 5. The number of carbonyl (C=O) groups is 1. The van der Waals surface area contributed by atoms with Crippen LogP contribution in [0.5, 0.6) is 0 Å². The molecule has 2 rings (SSSR count). The van der Waals surface area contributed by atoms with E-state index in [1.807, 2.05) is 19.1 Å². The van der Waals surface area contributed by atoms with Crippen LogP contribution in [-0.4, -0.2) is 30.7 Å². The van der Waals surface area contributed by atoms with Gasteiger partial charge >= 0.3 is 0 Å². The second-order valence-corrected chi connectivity index (χ2v) is 4.66. The molecule has 0 aromatic heterocycles. The van der Waals surface area contributed by atoms with Gasteiger partial charge in [-0.15, -0.1) is 0 Å². The molecule has 0 spiro atoms. The zero-order valence-electron chi connectivity index (χ0n) is 10.9. The highest BCUT2D eigenvalue weighted by molar-refractivity contribution is 6.04. The van der Waals surface area contributed by atoms with E-state index in [1.54, 1.807) is 4.90 Å². The molecule has 0 radical (unpaired) electrons. The lowest BCUT2D eigenvalue weighted by molar-refractivity contribution is -0.120. The van der Waals surface area contributed by atoms with Crippen molar-refractivity contribution in [2.24, 2.45) is 0 Å². The number of nitrogens with zero attached hydrogens (tertiary/aromatic N) is 1. The minimum absolute atomic E-state index is 0.0143. The van der Waals surface area contributed by atoms with Crippen molar-refractivity contribution in [3.63, 3.8) is 0 Å². The van der Waals surface area contributed by atoms with Crippen molar-refractivity contribution in [1.29, 1.82) is 0 Å². The molecule has 0 aliphatic carbocycles. The number of anilines is 1. The molecule has 0 fully saturated rings. The second kappa shape index (κ2) is 5.50. The quantitative estimate of drug-likeness (QED) is 0.827. The summed E-state index contributed by atoms with van der Waals surface area (Å²) >= 11 is 0. The van der Waals surface area contributed by atoms with Crippen LogP contribution >= 0.6 is 0 Å². The Morgan fingerprint density at radius 1 is 1.44 bits per heavy atom. The van der Waals surface area contributed by atoms with Gasteiger partial charge in [-0.2, -0.15) is 0 Å². The Bertz CT molecular complexity index is 445. The first-order chi connectivity index (χ1) is 8.69. The third kappa shape index (κ3) is 2.26. The van der Waals surface area contributed by atoms with E-state index in [4.69, 9.17) is 5.11 Å². The van der Waals surface area contributed by atoms with Crippen molar-refractivity contribution in [2.75, 3.05) is 24.6 Å². The molecule has 0 saturated heterocycles. The van der Waals surface area contributed by atoms with Crippen LogP contribution in [0.15, 0.2) is 18.2 Å². The lowest BCUT2D eigenvalue weighted by Gasteiger charge is -2.16. The number of benzene rings is 1. The normalized spacial score (nSPS) is 18.3. The van der Waals surface area contributed by atoms with E-state index in [1.165, 1.54) is 0 Å². The predicted octanol–water partition coefficient (Wildman–Crippen LogP) is 1.37. The standard InChI is InChI=1S/C14H20N2O2/c1-3-6-15-13-11-9-10(2)4-5-12(11)16(7-8-17)14(13)18/h4-5,9,13,15,17H,3,6-8H2,1-2H3. The molecule has 1 heterocycles. The van der Waals surface area contributed by atoms with E-state index in [0.717, 1.165) is 29.8 Å². The van der Waals surface area contributed by atoms with Gasteiger partial charge in [0.1, 0.15) is 6.04 Å². The van der Waals surface area contributed by atoms with Gasteiger partial charge in [-0.1, -0.05) is 24.6 Å². The number of nitrogens with one attached hydrogen (secondary N) is 1. The number of aryl methyl sites for hydroxylation is 1. The molecule has 4 nitrogen and oxygen atoms in total. The van der Waals surface area contributed by atoms with Gasteiger partial charge in [0.05, 0.1) is 6.61 Å². The summed E-state index contributed by atoms with van der Waals surface area (Å²) in [7, 11) is 0. The molecule has 2 N–H and O–H groups in total. The molecule has 4 heteroatoms. The summed E-state index contributed by atoms with van der Waals surface area (Å²) in [5, 5.41) is 12.4. The van der Waals surface area contributed by atoms with Crippen molar-refractivity contribution in [3.8, 4) is 0 Å². The number of aliphatic hydroxyl groups is 1. The first-order valence-corrected chi connectivity index (χ1v) is 6.45. The maximum atomic E-state index is 12.3. The number of carbonyl (C=O) groups excluding carboxylic acids is 1. The summed E-state index contributed by atoms with van der Waals surface area (Å²) in [6, 6.07) is 5.76. The van der Waals surface area contributed by atoms with Crippen molar-refractivity contribution in [1.82, 2.24) is 5.32 Å². The van der Waals surface area contributed by atoms with E-state index in [0.29, 0.717) is 6.54 Å². The second-order valence-electron chi connectivity index (χ2n) is 4.66. The van der Waals surface area contributed by atoms with Crippen LogP contribution in [0.4, 0.5) is 5.69 Å². The maximum absolute atomic E-state index is 12.3. The smallest absolute Gasteiger partial charge is 0.248 e. The van der Waals surface area contributed by atoms with Gasteiger partial charge in [0, 0.05) is 17.8 Å². The molecule has 1 atom stereocenters. The lowest BCUT2D eigenvalue weighted by atomic mass is 10.1. The minimum atomic E-state index is -0.258. The molecular weight excluding hydrogens is 228 g/mol. The van der Waals surface area contributed by atoms with Crippen LogP contribution < -0.4 is 10.2 Å². The van der Waals surface area contributed by atoms with Crippen LogP contribution in [0.1, 0.15) is 30.5 Å². The zero-order valence-corrected chi connectivity index (χ0v) is 10.9. The van der Waals surface area contributed by atoms with Gasteiger partial charge in [-0.3, -0.25) is 4.79 Å². The minimum Gasteiger partial charge on any atom is -0.395 e. The third-order valence-corrected chi connectivity index (χ3v) is 3.22. The Hall–Kier alpha value is -1.39. The third-order valence-electron chi connectivity index (χ3n) is 3.22. The Labute approximate surface area is 108 Å². The van der Waals surface area contributed by atoms with E-state index < -0.39 is 0 Å². The van der Waals surface area contributed by atoms with Crippen molar-refractivity contribution < 1.29 is 9.90 Å². The van der Waals surface area contributed by atoms with Crippen LogP contribution in [0.25, 0.3) is 0 Å². The fraction of sp³-hybridized carbons (Fsp3) is 0.500. The largest absolute Gasteiger partial charge is 0.395 e. The Balaban J connectivity index is 2.34. The highest BCUT2D eigenvalue weighted by Gasteiger charge is 2.36. The summed E-state index contributed by atoms with van der Waals surface area (Å²) in [4.78, 5) is 14.0. The Morgan fingerprint density at radius 2 is 2.22 bits per heavy atom. The molecule has 0 bridgehead atoms. The predicted molar refractivity (Wildman–Crippen MR) is 71.7 cm³/mol. The molecule has 1 aromatic carbocycles. The number of amides is 1. The van der Waals surface area contributed by atoms with Crippen LogP contribution in [0.3, 0.4) is 0 Å². The van der Waals surface area contributed by atoms with Crippen molar-refractivity contribution in [2.45, 2.75) is 26.3 Å². The molecule has 1 unspecified atom stereocenters. The number of hydrogen-bond donors (Lipinski definition) is 2. The average Bonchev–Trinajstić information content (AvgIpc) is 2.60. The number of aliphatic hydroxyl groups excluding tert-OH is 1. The highest BCUT2D eigenvalue weighted by Crippen LogP contribution is 2.36. The fourth-order valence-electron chi connectivity index (χ4n) is 2.38. The van der Waals surface area contributed by atoms with Crippen molar-refractivity contribution >= 4 is 11.6 Å². The van der Waals surface area contributed by atoms with Gasteiger partial charge < -0.3 is 15.3 Å². The molecule has 18 heavy (non-hydrogen) atoms. The van der Waals surface area contributed by atoms with Crippen LogP contribution in [-0.2, 0) is 4.79 Å². The van der Waals surface area contributed by atoms with E-state index in [-0.39, 0.29) is 18.6 Å². The number of β-amino-alcohol motifs (C(OH)–C–C–N with tert-alkyl or cyclic N) is 1. The summed E-state index contributed by atoms with van der Waals surface area (Å²) < 4.78 is 0. The molecular formula is C14H20N2O2. The highest BCUT2D eigenvalue weighted by atomic mass is 16.3. The van der Waals surface area contributed by atoms with E-state index in [2.05, 4.69) is 18.3 Å². The van der Waals surface area contributed by atoms with E-state index in [9.17, 15) is 4.79 Å². The first kappa shape index (κ1) is 13.1. The van der Waals surface area contributed by atoms with Gasteiger partial charge in [0.15, 0.2) is 0 Å². The topological polar surface area (TPSA) is 52.6 Å². The van der Waals surface area contributed by atoms with Gasteiger partial charge in [0.25, 0.3) is 0 Å². The van der Waals surface area contributed by atoms with Crippen molar-refractivity contribution in [3.05, 3.63) is 29.3 Å². The zero-order chi connectivity index (χ0) is 13.1. The fourth-order valence-corrected chi connectivity index (χ4v) is 2.38. The van der Waals surface area contributed by atoms with E-state index >= 15 is 0 Å². The number of fused-ring (bicyclic) bond motifs is 1. The molecule has 1 amide bonds. The summed E-state index contributed by atoms with van der Waals surface area (Å²) in [6.07, 6.45) is 0.991. The van der Waals surface area contributed by atoms with Gasteiger partial charge in [0.2, 0.25) is 5.91 Å².